The van der Waals surface area contributed by atoms with Crippen molar-refractivity contribution < 1.29 is 14.2 Å². The summed E-state index contributed by atoms with van der Waals surface area (Å²) >= 11 is 0. The number of hydrogen-bond acceptors (Lipinski definition) is 6. The number of benzene rings is 2. The highest BCUT2D eigenvalue weighted by Gasteiger charge is 2.13. The fourth-order valence-electron chi connectivity index (χ4n) is 2.66. The van der Waals surface area contributed by atoms with Crippen LogP contribution in [0.15, 0.2) is 42.7 Å². The third kappa shape index (κ3) is 4.70. The molecule has 1 heterocycles. The standard InChI is InChI=1S/C22H23N3O3/c1-4-9-27-20-13-18-19(14-21(20)28-11-10-26-3)23-15-24-22(18)25-17-8-6-7-16(5-2)12-17/h2,6-8,12-15H,4,9-11H2,1,3H3,(H,23,24,25). The average molecular weight is 377 g/mol. The number of ether oxygens (including phenoxy) is 3. The number of terminal acetylenes is 1. The van der Waals surface area contributed by atoms with Gasteiger partial charge in [-0.25, -0.2) is 9.97 Å². The van der Waals surface area contributed by atoms with Crippen LogP contribution in [0.2, 0.25) is 0 Å². The van der Waals surface area contributed by atoms with Crippen molar-refractivity contribution in [1.29, 1.82) is 0 Å². The number of nitrogens with zero attached hydrogens (tertiary/aromatic N) is 2. The molecule has 28 heavy (non-hydrogen) atoms. The largest absolute Gasteiger partial charge is 0.490 e. The lowest BCUT2D eigenvalue weighted by molar-refractivity contribution is 0.143. The Morgan fingerprint density at radius 3 is 2.64 bits per heavy atom. The second-order valence-corrected chi connectivity index (χ2v) is 6.08. The van der Waals surface area contributed by atoms with E-state index in [0.29, 0.717) is 37.1 Å². The number of anilines is 2. The van der Waals surface area contributed by atoms with Crippen LogP contribution in [-0.4, -0.2) is 36.9 Å². The van der Waals surface area contributed by atoms with E-state index in [1.807, 2.05) is 36.4 Å². The van der Waals surface area contributed by atoms with Crippen molar-refractivity contribution >= 4 is 22.4 Å². The van der Waals surface area contributed by atoms with Gasteiger partial charge in [0.25, 0.3) is 0 Å². The summed E-state index contributed by atoms with van der Waals surface area (Å²) in [6.45, 7) is 3.57. The third-order valence-electron chi connectivity index (χ3n) is 4.00. The maximum atomic E-state index is 5.89. The van der Waals surface area contributed by atoms with E-state index in [-0.39, 0.29) is 0 Å². The molecule has 1 aromatic heterocycles. The van der Waals surface area contributed by atoms with Gasteiger partial charge in [0.1, 0.15) is 18.8 Å². The minimum Gasteiger partial charge on any atom is -0.490 e. The van der Waals surface area contributed by atoms with Crippen LogP contribution in [0.3, 0.4) is 0 Å². The molecule has 0 spiro atoms. The van der Waals surface area contributed by atoms with Gasteiger partial charge >= 0.3 is 0 Å². The molecule has 0 aliphatic heterocycles. The van der Waals surface area contributed by atoms with E-state index >= 15 is 0 Å². The summed E-state index contributed by atoms with van der Waals surface area (Å²) in [5.74, 6) is 4.59. The molecule has 0 saturated carbocycles. The van der Waals surface area contributed by atoms with Crippen LogP contribution in [0, 0.1) is 12.3 Å². The van der Waals surface area contributed by atoms with Gasteiger partial charge in [-0.1, -0.05) is 18.9 Å². The zero-order chi connectivity index (χ0) is 19.8. The predicted molar refractivity (Wildman–Crippen MR) is 110 cm³/mol. The maximum absolute atomic E-state index is 5.89. The van der Waals surface area contributed by atoms with Crippen LogP contribution in [0.25, 0.3) is 10.9 Å². The monoisotopic (exact) mass is 377 g/mol. The van der Waals surface area contributed by atoms with Crippen LogP contribution in [-0.2, 0) is 4.74 Å². The number of aromatic nitrogens is 2. The molecule has 3 rings (SSSR count). The summed E-state index contributed by atoms with van der Waals surface area (Å²) in [6.07, 6.45) is 7.90. The predicted octanol–water partition coefficient (Wildman–Crippen LogP) is 4.17. The number of nitrogens with one attached hydrogen (secondary N) is 1. The second kappa shape index (κ2) is 9.58. The van der Waals surface area contributed by atoms with Gasteiger partial charge in [0.05, 0.1) is 18.7 Å². The highest BCUT2D eigenvalue weighted by atomic mass is 16.5. The quantitative estimate of drug-likeness (QED) is 0.446. The Labute approximate surface area is 164 Å². The molecule has 0 atom stereocenters. The van der Waals surface area contributed by atoms with Crippen molar-refractivity contribution in [2.24, 2.45) is 0 Å². The molecule has 0 fully saturated rings. The van der Waals surface area contributed by atoms with Crippen molar-refractivity contribution in [3.05, 3.63) is 48.3 Å². The molecule has 0 saturated heterocycles. The molecule has 6 nitrogen and oxygen atoms in total. The Hall–Kier alpha value is -3.30. The first-order chi connectivity index (χ1) is 13.7. The lowest BCUT2D eigenvalue weighted by atomic mass is 10.2. The van der Waals surface area contributed by atoms with Crippen LogP contribution in [0.5, 0.6) is 11.5 Å². The Balaban J connectivity index is 1.98. The Bertz CT molecular complexity index is 982. The summed E-state index contributed by atoms with van der Waals surface area (Å²) < 4.78 is 16.8. The Morgan fingerprint density at radius 2 is 1.86 bits per heavy atom. The van der Waals surface area contributed by atoms with E-state index in [2.05, 4.69) is 28.1 Å². The fourth-order valence-corrected chi connectivity index (χ4v) is 2.66. The van der Waals surface area contributed by atoms with E-state index < -0.39 is 0 Å². The first kappa shape index (κ1) is 19.5. The molecule has 0 aliphatic carbocycles. The summed E-state index contributed by atoms with van der Waals surface area (Å²) in [5.41, 5.74) is 2.40. The van der Waals surface area contributed by atoms with Gasteiger partial charge in [-0.3, -0.25) is 0 Å². The van der Waals surface area contributed by atoms with Crippen molar-refractivity contribution in [3.8, 4) is 23.8 Å². The molecule has 6 heteroatoms. The highest BCUT2D eigenvalue weighted by molar-refractivity contribution is 5.93. The summed E-state index contributed by atoms with van der Waals surface area (Å²) in [7, 11) is 1.64. The van der Waals surface area contributed by atoms with E-state index in [9.17, 15) is 0 Å². The number of methoxy groups -OCH3 is 1. The molecule has 0 bridgehead atoms. The lowest BCUT2D eigenvalue weighted by Gasteiger charge is -2.15. The van der Waals surface area contributed by atoms with Gasteiger partial charge < -0.3 is 19.5 Å². The molecule has 0 aliphatic rings. The molecule has 0 radical (unpaired) electrons. The molecular formula is C22H23N3O3. The van der Waals surface area contributed by atoms with Gasteiger partial charge in [0.15, 0.2) is 11.5 Å². The van der Waals surface area contributed by atoms with E-state index in [1.54, 1.807) is 7.11 Å². The number of rotatable bonds is 9. The smallest absolute Gasteiger partial charge is 0.163 e. The summed E-state index contributed by atoms with van der Waals surface area (Å²) in [5, 5.41) is 4.15. The lowest BCUT2D eigenvalue weighted by Crippen LogP contribution is -2.07. The molecule has 144 valence electrons. The van der Waals surface area contributed by atoms with Crippen LogP contribution >= 0.6 is 0 Å². The van der Waals surface area contributed by atoms with Crippen LogP contribution in [0.4, 0.5) is 11.5 Å². The minimum atomic E-state index is 0.430. The fraction of sp³-hybridized carbons (Fsp3) is 0.273. The Kier molecular flexibility index (Phi) is 6.66. The van der Waals surface area contributed by atoms with E-state index in [0.717, 1.165) is 28.6 Å². The third-order valence-corrected chi connectivity index (χ3v) is 4.00. The second-order valence-electron chi connectivity index (χ2n) is 6.08. The first-order valence-corrected chi connectivity index (χ1v) is 9.12. The van der Waals surface area contributed by atoms with Gasteiger partial charge in [-0.2, -0.15) is 0 Å². The van der Waals surface area contributed by atoms with Crippen molar-refractivity contribution in [1.82, 2.24) is 9.97 Å². The molecule has 0 amide bonds. The normalized spacial score (nSPS) is 10.5. The minimum absolute atomic E-state index is 0.430. The maximum Gasteiger partial charge on any atom is 0.163 e. The Morgan fingerprint density at radius 1 is 1.04 bits per heavy atom. The van der Waals surface area contributed by atoms with Gasteiger partial charge in [0, 0.05) is 29.8 Å². The average Bonchev–Trinajstić information content (AvgIpc) is 2.73. The van der Waals surface area contributed by atoms with Crippen molar-refractivity contribution in [2.75, 3.05) is 32.2 Å². The van der Waals surface area contributed by atoms with Gasteiger partial charge in [-0.15, -0.1) is 6.42 Å². The molecule has 2 aromatic carbocycles. The zero-order valence-corrected chi connectivity index (χ0v) is 16.1. The molecule has 1 N–H and O–H groups in total. The SMILES string of the molecule is C#Cc1cccc(Nc2ncnc3cc(OCCOC)c(OCCC)cc23)c1. The molecule has 3 aromatic rings. The first-order valence-electron chi connectivity index (χ1n) is 9.12. The highest BCUT2D eigenvalue weighted by Crippen LogP contribution is 2.35. The number of hydrogen-bond donors (Lipinski definition) is 1. The summed E-state index contributed by atoms with van der Waals surface area (Å²) in [6, 6.07) is 11.4. The van der Waals surface area contributed by atoms with E-state index in [1.165, 1.54) is 6.33 Å². The van der Waals surface area contributed by atoms with Crippen molar-refractivity contribution in [3.63, 3.8) is 0 Å². The van der Waals surface area contributed by atoms with Crippen LogP contribution < -0.4 is 14.8 Å². The van der Waals surface area contributed by atoms with Crippen molar-refractivity contribution in [2.45, 2.75) is 13.3 Å². The topological polar surface area (TPSA) is 65.5 Å². The molecule has 0 unspecified atom stereocenters. The number of fused-ring (bicyclic) bond motifs is 1. The van der Waals surface area contributed by atoms with E-state index in [4.69, 9.17) is 20.6 Å². The zero-order valence-electron chi connectivity index (χ0n) is 16.1. The van der Waals surface area contributed by atoms with Gasteiger partial charge in [-0.05, 0) is 30.7 Å². The molecular weight excluding hydrogens is 354 g/mol. The summed E-state index contributed by atoms with van der Waals surface area (Å²) in [4.78, 5) is 8.77. The van der Waals surface area contributed by atoms with Crippen LogP contribution in [0.1, 0.15) is 18.9 Å². The van der Waals surface area contributed by atoms with Gasteiger partial charge in [0.2, 0.25) is 0 Å².